The number of aromatic nitrogens is 2. The first kappa shape index (κ1) is 20.8. The molecular weight excluding hydrogens is 389 g/mol. The summed E-state index contributed by atoms with van der Waals surface area (Å²) in [5.74, 6) is -0.473. The molecule has 0 saturated carbocycles. The lowest BCUT2D eigenvalue weighted by Crippen LogP contribution is -2.14. The number of carbonyl (C=O) groups excluding carboxylic acids is 1. The van der Waals surface area contributed by atoms with E-state index in [1.807, 2.05) is 13.0 Å². The third-order valence-corrected chi connectivity index (χ3v) is 4.61. The van der Waals surface area contributed by atoms with Gasteiger partial charge in [-0.15, -0.1) is 0 Å². The molecule has 0 unspecified atom stereocenters. The molecule has 0 atom stereocenters. The van der Waals surface area contributed by atoms with Crippen LogP contribution in [0.3, 0.4) is 0 Å². The molecule has 8 nitrogen and oxygen atoms in total. The zero-order chi connectivity index (χ0) is 21.8. The number of nitrogens with one attached hydrogen (secondary N) is 1. The largest absolute Gasteiger partial charge is 0.327 e. The Balaban J connectivity index is 1.88. The molecule has 30 heavy (non-hydrogen) atoms. The normalized spacial score (nSPS) is 10.5. The number of ketones is 1. The van der Waals surface area contributed by atoms with E-state index in [0.717, 1.165) is 11.8 Å². The van der Waals surface area contributed by atoms with Crippen LogP contribution < -0.4 is 10.2 Å². The maximum absolute atomic E-state index is 14.4. The Bertz CT molecular complexity index is 1100. The lowest BCUT2D eigenvalue weighted by atomic mass is 10.0. The van der Waals surface area contributed by atoms with Gasteiger partial charge in [0.2, 0.25) is 5.95 Å². The van der Waals surface area contributed by atoms with Gasteiger partial charge in [0.15, 0.2) is 17.4 Å². The second kappa shape index (κ2) is 8.64. The van der Waals surface area contributed by atoms with Crippen molar-refractivity contribution in [3.8, 4) is 0 Å². The highest BCUT2D eigenvalue weighted by Crippen LogP contribution is 2.27. The molecule has 3 rings (SSSR count). The van der Waals surface area contributed by atoms with Gasteiger partial charge < -0.3 is 10.2 Å². The minimum Gasteiger partial charge on any atom is -0.327 e. The minimum absolute atomic E-state index is 0.00155. The van der Waals surface area contributed by atoms with E-state index in [4.69, 9.17) is 0 Å². The number of benzene rings is 2. The number of halogens is 1. The van der Waals surface area contributed by atoms with Crippen LogP contribution in [0.25, 0.3) is 0 Å². The van der Waals surface area contributed by atoms with Gasteiger partial charge in [-0.1, -0.05) is 13.0 Å². The maximum Gasteiger partial charge on any atom is 0.269 e. The molecule has 0 bridgehead atoms. The fourth-order valence-electron chi connectivity index (χ4n) is 2.89. The molecule has 0 saturated heterocycles. The van der Waals surface area contributed by atoms with E-state index in [1.165, 1.54) is 29.2 Å². The average molecular weight is 409 g/mol. The summed E-state index contributed by atoms with van der Waals surface area (Å²) in [7, 11) is 1.60. The molecule has 3 aromatic rings. The molecule has 1 heterocycles. The van der Waals surface area contributed by atoms with Crippen molar-refractivity contribution < 1.29 is 14.1 Å². The van der Waals surface area contributed by atoms with Gasteiger partial charge in [0.05, 0.1) is 11.1 Å². The van der Waals surface area contributed by atoms with Crippen LogP contribution >= 0.6 is 0 Å². The first-order valence-corrected chi connectivity index (χ1v) is 9.21. The van der Waals surface area contributed by atoms with E-state index >= 15 is 0 Å². The van der Waals surface area contributed by atoms with Gasteiger partial charge in [0.25, 0.3) is 5.69 Å². The van der Waals surface area contributed by atoms with Gasteiger partial charge in [-0.3, -0.25) is 14.9 Å². The summed E-state index contributed by atoms with van der Waals surface area (Å²) in [4.78, 5) is 32.1. The third kappa shape index (κ3) is 4.40. The fraction of sp³-hybridized carbons (Fsp3) is 0.190. The SMILES string of the molecule is CCC(=O)c1cc(Nc2ncc(F)c(N(C)c3ccc([N+](=O)[O-])cc3)n2)ccc1C. The number of anilines is 4. The van der Waals surface area contributed by atoms with E-state index in [1.54, 1.807) is 26.1 Å². The van der Waals surface area contributed by atoms with E-state index in [2.05, 4.69) is 15.3 Å². The predicted octanol–water partition coefficient (Wildman–Crippen LogP) is 4.94. The number of hydrogen-bond donors (Lipinski definition) is 1. The van der Waals surface area contributed by atoms with E-state index < -0.39 is 10.7 Å². The number of nitrogens with zero attached hydrogens (tertiary/aromatic N) is 4. The summed E-state index contributed by atoms with van der Waals surface area (Å²) in [5.41, 5.74) is 2.54. The number of non-ortho nitro benzene ring substituents is 1. The molecule has 0 fully saturated rings. The molecular formula is C21H20FN5O3. The predicted molar refractivity (Wildman–Crippen MR) is 112 cm³/mol. The summed E-state index contributed by atoms with van der Waals surface area (Å²) in [5, 5.41) is 13.8. The van der Waals surface area contributed by atoms with Gasteiger partial charge in [-0.25, -0.2) is 9.37 Å². The summed E-state index contributed by atoms with van der Waals surface area (Å²) >= 11 is 0. The smallest absolute Gasteiger partial charge is 0.269 e. The third-order valence-electron chi connectivity index (χ3n) is 4.61. The van der Waals surface area contributed by atoms with Crippen molar-refractivity contribution in [1.29, 1.82) is 0 Å². The summed E-state index contributed by atoms with van der Waals surface area (Å²) < 4.78 is 14.4. The molecule has 1 N–H and O–H groups in total. The molecule has 2 aromatic carbocycles. The molecule has 9 heteroatoms. The first-order valence-electron chi connectivity index (χ1n) is 9.21. The van der Waals surface area contributed by atoms with Crippen molar-refractivity contribution >= 4 is 34.6 Å². The minimum atomic E-state index is -0.646. The van der Waals surface area contributed by atoms with Crippen molar-refractivity contribution in [1.82, 2.24) is 9.97 Å². The van der Waals surface area contributed by atoms with Crippen LogP contribution in [0.15, 0.2) is 48.7 Å². The Morgan fingerprint density at radius 3 is 2.57 bits per heavy atom. The Morgan fingerprint density at radius 1 is 1.23 bits per heavy atom. The number of carbonyl (C=O) groups is 1. The van der Waals surface area contributed by atoms with Crippen LogP contribution in [0, 0.1) is 22.9 Å². The van der Waals surface area contributed by atoms with Gasteiger partial charge in [-0.2, -0.15) is 4.98 Å². The quantitative estimate of drug-likeness (QED) is 0.335. The van der Waals surface area contributed by atoms with E-state index in [0.29, 0.717) is 23.4 Å². The van der Waals surface area contributed by atoms with Crippen LogP contribution in [0.1, 0.15) is 29.3 Å². The van der Waals surface area contributed by atoms with Gasteiger partial charge in [0, 0.05) is 42.5 Å². The maximum atomic E-state index is 14.4. The van der Waals surface area contributed by atoms with Crippen LogP contribution in [0.5, 0.6) is 0 Å². The highest BCUT2D eigenvalue weighted by atomic mass is 19.1. The molecule has 0 radical (unpaired) electrons. The Morgan fingerprint density at radius 2 is 1.93 bits per heavy atom. The highest BCUT2D eigenvalue weighted by molar-refractivity contribution is 5.98. The van der Waals surface area contributed by atoms with Crippen molar-refractivity contribution in [2.24, 2.45) is 0 Å². The first-order chi connectivity index (χ1) is 14.3. The second-order valence-corrected chi connectivity index (χ2v) is 6.63. The van der Waals surface area contributed by atoms with Crippen molar-refractivity contribution in [3.05, 3.63) is 75.7 Å². The van der Waals surface area contributed by atoms with Gasteiger partial charge in [-0.05, 0) is 36.8 Å². The second-order valence-electron chi connectivity index (χ2n) is 6.63. The molecule has 0 aliphatic rings. The zero-order valence-corrected chi connectivity index (χ0v) is 16.7. The molecule has 0 aliphatic heterocycles. The molecule has 154 valence electrons. The number of Topliss-reactive ketones (excluding diaryl/α,β-unsaturated/α-hetero) is 1. The van der Waals surface area contributed by atoms with Crippen LogP contribution in [-0.4, -0.2) is 27.7 Å². The summed E-state index contributed by atoms with van der Waals surface area (Å²) in [6.45, 7) is 3.66. The lowest BCUT2D eigenvalue weighted by Gasteiger charge is -2.19. The van der Waals surface area contributed by atoms with Gasteiger partial charge in [0.1, 0.15) is 0 Å². The number of nitro benzene ring substituents is 1. The molecule has 0 spiro atoms. The lowest BCUT2D eigenvalue weighted by molar-refractivity contribution is -0.384. The Labute approximate surface area is 172 Å². The Hall–Kier alpha value is -3.88. The number of aryl methyl sites for hydroxylation is 1. The zero-order valence-electron chi connectivity index (χ0n) is 16.7. The van der Waals surface area contributed by atoms with Crippen LogP contribution in [0.4, 0.5) is 33.2 Å². The fourth-order valence-corrected chi connectivity index (χ4v) is 2.89. The number of rotatable bonds is 7. The van der Waals surface area contributed by atoms with E-state index in [-0.39, 0.29) is 23.2 Å². The van der Waals surface area contributed by atoms with Crippen molar-refractivity contribution in [2.45, 2.75) is 20.3 Å². The monoisotopic (exact) mass is 409 g/mol. The number of hydrogen-bond acceptors (Lipinski definition) is 7. The highest BCUT2D eigenvalue weighted by Gasteiger charge is 2.15. The molecule has 0 aliphatic carbocycles. The summed E-state index contributed by atoms with van der Waals surface area (Å²) in [6, 6.07) is 11.0. The topological polar surface area (TPSA) is 101 Å². The van der Waals surface area contributed by atoms with E-state index in [9.17, 15) is 19.3 Å². The Kier molecular flexibility index (Phi) is 6.01. The van der Waals surface area contributed by atoms with Gasteiger partial charge >= 0.3 is 0 Å². The van der Waals surface area contributed by atoms with Crippen molar-refractivity contribution in [2.75, 3.05) is 17.3 Å². The van der Waals surface area contributed by atoms with Crippen LogP contribution in [-0.2, 0) is 0 Å². The number of nitro groups is 1. The van der Waals surface area contributed by atoms with Crippen LogP contribution in [0.2, 0.25) is 0 Å². The molecule has 0 amide bonds. The standard InChI is InChI=1S/C21H20FN5O3/c1-4-19(28)17-11-14(6-5-13(17)2)24-21-23-12-18(22)20(25-21)26(3)15-7-9-16(10-8-15)27(29)30/h5-12H,4H2,1-3H3,(H,23,24,25). The average Bonchev–Trinajstić information content (AvgIpc) is 2.75. The summed E-state index contributed by atoms with van der Waals surface area (Å²) in [6.07, 6.45) is 1.43. The molecule has 1 aromatic heterocycles. The van der Waals surface area contributed by atoms with Crippen molar-refractivity contribution in [3.63, 3.8) is 0 Å².